The van der Waals surface area contributed by atoms with E-state index in [9.17, 15) is 4.79 Å². The Morgan fingerprint density at radius 1 is 1.46 bits per heavy atom. The topological polar surface area (TPSA) is 63.8 Å². The van der Waals surface area contributed by atoms with E-state index in [1.807, 2.05) is 0 Å². The van der Waals surface area contributed by atoms with E-state index in [1.54, 1.807) is 25.2 Å². The maximum atomic E-state index is 11.1. The average Bonchev–Trinajstić information content (AvgIpc) is 2.31. The van der Waals surface area contributed by atoms with E-state index in [0.29, 0.717) is 5.69 Å². The van der Waals surface area contributed by atoms with Crippen molar-refractivity contribution in [3.05, 3.63) is 28.7 Å². The number of fused-ring (bicyclic) bond motifs is 1. The summed E-state index contributed by atoms with van der Waals surface area (Å²) in [5, 5.41) is 0. The average molecular weight is 200 g/mol. The van der Waals surface area contributed by atoms with Crippen molar-refractivity contribution in [1.82, 2.24) is 9.55 Å². The molecule has 4 nitrogen and oxygen atoms in total. The monoisotopic (exact) mass is 199 g/mol. The van der Waals surface area contributed by atoms with Gasteiger partial charge in [0.25, 0.3) is 0 Å². The van der Waals surface area contributed by atoms with Gasteiger partial charge in [0.2, 0.25) is 0 Å². The maximum absolute atomic E-state index is 11.1. The molecule has 0 aliphatic carbocycles. The lowest BCUT2D eigenvalue weighted by molar-refractivity contribution is 0.892. The molecule has 2 aromatic rings. The standard InChI is InChI=1S/C8H9N3O.ClH/c1-11-7-4-5(9)2-3-6(7)10-8(11)12;/h2-4H,9H2,1H3,(H,10,12);1H. The van der Waals surface area contributed by atoms with Gasteiger partial charge in [-0.05, 0) is 18.2 Å². The summed E-state index contributed by atoms with van der Waals surface area (Å²) in [5.41, 5.74) is 7.77. The van der Waals surface area contributed by atoms with Crippen LogP contribution in [0.15, 0.2) is 23.0 Å². The predicted molar refractivity (Wildman–Crippen MR) is 55.2 cm³/mol. The number of H-pyrrole nitrogens is 1. The number of hydrogen-bond donors (Lipinski definition) is 2. The van der Waals surface area contributed by atoms with E-state index in [-0.39, 0.29) is 18.1 Å². The van der Waals surface area contributed by atoms with Gasteiger partial charge in [-0.15, -0.1) is 12.4 Å². The quantitative estimate of drug-likeness (QED) is 0.619. The Bertz CT molecular complexity index is 486. The maximum Gasteiger partial charge on any atom is 0.326 e. The van der Waals surface area contributed by atoms with E-state index in [2.05, 4.69) is 4.98 Å². The number of aromatic nitrogens is 2. The minimum Gasteiger partial charge on any atom is -0.399 e. The second kappa shape index (κ2) is 3.14. The summed E-state index contributed by atoms with van der Waals surface area (Å²) >= 11 is 0. The summed E-state index contributed by atoms with van der Waals surface area (Å²) in [5.74, 6) is 0. The summed E-state index contributed by atoms with van der Waals surface area (Å²) in [6.07, 6.45) is 0. The fourth-order valence-corrected chi connectivity index (χ4v) is 1.24. The molecule has 0 spiro atoms. The molecule has 0 bridgehead atoms. The summed E-state index contributed by atoms with van der Waals surface area (Å²) < 4.78 is 1.53. The van der Waals surface area contributed by atoms with E-state index >= 15 is 0 Å². The van der Waals surface area contributed by atoms with Crippen molar-refractivity contribution in [2.24, 2.45) is 7.05 Å². The molecule has 0 amide bonds. The molecular weight excluding hydrogens is 190 g/mol. The van der Waals surface area contributed by atoms with E-state index < -0.39 is 0 Å². The normalized spacial score (nSPS) is 9.92. The highest BCUT2D eigenvalue weighted by atomic mass is 35.5. The van der Waals surface area contributed by atoms with Gasteiger partial charge >= 0.3 is 5.69 Å². The van der Waals surface area contributed by atoms with Crippen LogP contribution in [0.2, 0.25) is 0 Å². The number of imidazole rings is 1. The molecule has 70 valence electrons. The second-order valence-electron chi connectivity index (χ2n) is 2.77. The highest BCUT2D eigenvalue weighted by Gasteiger charge is 2.01. The molecule has 0 atom stereocenters. The molecule has 1 heterocycles. The zero-order valence-electron chi connectivity index (χ0n) is 7.07. The van der Waals surface area contributed by atoms with Crippen molar-refractivity contribution in [2.45, 2.75) is 0 Å². The highest BCUT2D eigenvalue weighted by molar-refractivity contribution is 5.85. The van der Waals surface area contributed by atoms with Crippen LogP contribution in [0.3, 0.4) is 0 Å². The van der Waals surface area contributed by atoms with Crippen molar-refractivity contribution >= 4 is 29.1 Å². The molecule has 1 aromatic heterocycles. The second-order valence-corrected chi connectivity index (χ2v) is 2.77. The molecule has 2 rings (SSSR count). The Balaban J connectivity index is 0.000000845. The SMILES string of the molecule is Cl.Cn1c(=O)[nH]c2ccc(N)cc21. The van der Waals surface area contributed by atoms with Crippen molar-refractivity contribution in [2.75, 3.05) is 5.73 Å². The smallest absolute Gasteiger partial charge is 0.326 e. The molecule has 0 saturated heterocycles. The predicted octanol–water partition coefficient (Wildman–Crippen LogP) is 0.871. The number of aryl methyl sites for hydroxylation is 1. The first-order valence-corrected chi connectivity index (χ1v) is 3.63. The van der Waals surface area contributed by atoms with Gasteiger partial charge in [0.15, 0.2) is 0 Å². The van der Waals surface area contributed by atoms with E-state index in [1.165, 1.54) is 4.57 Å². The minimum absolute atomic E-state index is 0. The van der Waals surface area contributed by atoms with Crippen LogP contribution in [0.1, 0.15) is 0 Å². The molecular formula is C8H10ClN3O. The fraction of sp³-hybridized carbons (Fsp3) is 0.125. The molecule has 1 aromatic carbocycles. The molecule has 0 aliphatic rings. The number of anilines is 1. The van der Waals surface area contributed by atoms with Crippen molar-refractivity contribution in [1.29, 1.82) is 0 Å². The Labute approximate surface area is 80.8 Å². The van der Waals surface area contributed by atoms with Crippen LogP contribution < -0.4 is 11.4 Å². The Kier molecular flexibility index (Phi) is 2.34. The van der Waals surface area contributed by atoms with Crippen LogP contribution in [0.25, 0.3) is 11.0 Å². The van der Waals surface area contributed by atoms with Crippen molar-refractivity contribution in [3.63, 3.8) is 0 Å². The van der Waals surface area contributed by atoms with Crippen LogP contribution >= 0.6 is 12.4 Å². The van der Waals surface area contributed by atoms with Gasteiger partial charge in [0.1, 0.15) is 0 Å². The number of nitrogens with two attached hydrogens (primary N) is 1. The van der Waals surface area contributed by atoms with Crippen LogP contribution in [-0.2, 0) is 7.05 Å². The summed E-state index contributed by atoms with van der Waals surface area (Å²) in [7, 11) is 1.71. The molecule has 3 N–H and O–H groups in total. The number of nitrogens with zero attached hydrogens (tertiary/aromatic N) is 1. The first-order chi connectivity index (χ1) is 5.68. The molecule has 0 aliphatic heterocycles. The zero-order chi connectivity index (χ0) is 8.72. The first kappa shape index (κ1) is 9.67. The van der Waals surface area contributed by atoms with Gasteiger partial charge in [-0.3, -0.25) is 4.57 Å². The number of aromatic amines is 1. The van der Waals surface area contributed by atoms with Gasteiger partial charge < -0.3 is 10.7 Å². The molecule has 0 saturated carbocycles. The van der Waals surface area contributed by atoms with Crippen LogP contribution in [0.5, 0.6) is 0 Å². The van der Waals surface area contributed by atoms with Gasteiger partial charge in [0.05, 0.1) is 11.0 Å². The molecule has 0 unspecified atom stereocenters. The fourth-order valence-electron chi connectivity index (χ4n) is 1.24. The molecule has 5 heteroatoms. The molecule has 0 fully saturated rings. The molecule has 0 radical (unpaired) electrons. The minimum atomic E-state index is -0.115. The number of rotatable bonds is 0. The van der Waals surface area contributed by atoms with Gasteiger partial charge in [-0.2, -0.15) is 0 Å². The number of hydrogen-bond acceptors (Lipinski definition) is 2. The summed E-state index contributed by atoms with van der Waals surface area (Å²) in [6, 6.07) is 5.33. The highest BCUT2D eigenvalue weighted by Crippen LogP contribution is 2.12. The van der Waals surface area contributed by atoms with Crippen LogP contribution in [0, 0.1) is 0 Å². The lowest BCUT2D eigenvalue weighted by Crippen LogP contribution is -2.11. The van der Waals surface area contributed by atoms with Crippen LogP contribution in [0.4, 0.5) is 5.69 Å². The van der Waals surface area contributed by atoms with Gasteiger partial charge in [0, 0.05) is 12.7 Å². The third-order valence-electron chi connectivity index (χ3n) is 1.93. The van der Waals surface area contributed by atoms with Gasteiger partial charge in [-0.25, -0.2) is 4.79 Å². The number of nitrogens with one attached hydrogen (secondary N) is 1. The molecule has 13 heavy (non-hydrogen) atoms. The van der Waals surface area contributed by atoms with Crippen molar-refractivity contribution < 1.29 is 0 Å². The lowest BCUT2D eigenvalue weighted by atomic mass is 10.3. The largest absolute Gasteiger partial charge is 0.399 e. The lowest BCUT2D eigenvalue weighted by Gasteiger charge is -1.94. The van der Waals surface area contributed by atoms with E-state index in [0.717, 1.165) is 11.0 Å². The number of nitrogen functional groups attached to an aromatic ring is 1. The Morgan fingerprint density at radius 2 is 2.15 bits per heavy atom. The van der Waals surface area contributed by atoms with Crippen molar-refractivity contribution in [3.8, 4) is 0 Å². The van der Waals surface area contributed by atoms with Gasteiger partial charge in [-0.1, -0.05) is 0 Å². The number of benzene rings is 1. The third-order valence-corrected chi connectivity index (χ3v) is 1.93. The summed E-state index contributed by atoms with van der Waals surface area (Å²) in [6.45, 7) is 0. The Hall–Kier alpha value is -1.42. The zero-order valence-corrected chi connectivity index (χ0v) is 7.89. The summed E-state index contributed by atoms with van der Waals surface area (Å²) in [4.78, 5) is 13.8. The third kappa shape index (κ3) is 1.40. The van der Waals surface area contributed by atoms with E-state index in [4.69, 9.17) is 5.73 Å². The van der Waals surface area contributed by atoms with Crippen LogP contribution in [-0.4, -0.2) is 9.55 Å². The Morgan fingerprint density at radius 3 is 2.85 bits per heavy atom. The first-order valence-electron chi connectivity index (χ1n) is 3.63. The number of halogens is 1.